The van der Waals surface area contributed by atoms with Crippen LogP contribution in [0, 0.1) is 11.6 Å². The number of aryl methyl sites for hydroxylation is 2. The van der Waals surface area contributed by atoms with Crippen LogP contribution in [0.2, 0.25) is 0 Å². The van der Waals surface area contributed by atoms with Crippen molar-refractivity contribution >= 4 is 12.2 Å². The van der Waals surface area contributed by atoms with Gasteiger partial charge in [-0.3, -0.25) is 0 Å². The van der Waals surface area contributed by atoms with E-state index in [0.29, 0.717) is 4.64 Å². The van der Waals surface area contributed by atoms with Gasteiger partial charge in [-0.1, -0.05) is 19.1 Å². The fourth-order valence-electron chi connectivity index (χ4n) is 1.03. The van der Waals surface area contributed by atoms with Gasteiger partial charge in [0.15, 0.2) is 0 Å². The molecule has 0 aliphatic rings. The third-order valence-corrected chi connectivity index (χ3v) is 2.04. The molecule has 1 N–H and O–H groups in total. The van der Waals surface area contributed by atoms with Crippen LogP contribution in [-0.2, 0) is 6.42 Å². The van der Waals surface area contributed by atoms with Crippen molar-refractivity contribution in [1.82, 2.24) is 4.73 Å². The van der Waals surface area contributed by atoms with Gasteiger partial charge in [0.05, 0.1) is 0 Å². The minimum absolute atomic E-state index is 0.458. The third kappa shape index (κ3) is 1.60. The lowest BCUT2D eigenvalue weighted by Gasteiger charge is -2.04. The van der Waals surface area contributed by atoms with Crippen LogP contribution in [0.5, 0.6) is 0 Å². The Kier molecular flexibility index (Phi) is 2.29. The van der Waals surface area contributed by atoms with Gasteiger partial charge in [-0.05, 0) is 30.5 Å². The van der Waals surface area contributed by atoms with Gasteiger partial charge in [0.25, 0.3) is 0 Å². The zero-order valence-electron chi connectivity index (χ0n) is 6.66. The lowest BCUT2D eigenvalue weighted by atomic mass is 10.1. The van der Waals surface area contributed by atoms with Crippen LogP contribution in [0.1, 0.15) is 18.1 Å². The standard InChI is InChI=1S/C8H11NOS/c1-3-7-5-9(10)8(11)4-6(7)2/h4-5,10H,3H2,1-2H3. The fourth-order valence-corrected chi connectivity index (χ4v) is 1.26. The summed E-state index contributed by atoms with van der Waals surface area (Å²) in [4.78, 5) is 0. The van der Waals surface area contributed by atoms with Crippen LogP contribution < -0.4 is 0 Å². The second kappa shape index (κ2) is 3.05. The topological polar surface area (TPSA) is 25.2 Å². The SMILES string of the molecule is CCc1cn(O)c(=S)cc1C. The third-order valence-electron chi connectivity index (χ3n) is 1.73. The molecule has 0 atom stereocenters. The summed E-state index contributed by atoms with van der Waals surface area (Å²) in [6, 6.07) is 1.80. The van der Waals surface area contributed by atoms with E-state index in [1.165, 1.54) is 0 Å². The highest BCUT2D eigenvalue weighted by atomic mass is 32.1. The smallest absolute Gasteiger partial charge is 0.142 e. The molecule has 0 saturated carbocycles. The van der Waals surface area contributed by atoms with Crippen LogP contribution >= 0.6 is 12.2 Å². The van der Waals surface area contributed by atoms with Gasteiger partial charge in [-0.2, -0.15) is 4.73 Å². The monoisotopic (exact) mass is 169 g/mol. The number of aromatic nitrogens is 1. The minimum Gasteiger partial charge on any atom is -0.428 e. The van der Waals surface area contributed by atoms with E-state index in [2.05, 4.69) is 0 Å². The van der Waals surface area contributed by atoms with Crippen molar-refractivity contribution in [3.05, 3.63) is 28.0 Å². The Morgan fingerprint density at radius 3 is 2.82 bits per heavy atom. The lowest BCUT2D eigenvalue weighted by Crippen LogP contribution is -1.98. The number of pyridine rings is 1. The first-order valence-corrected chi connectivity index (χ1v) is 3.97. The van der Waals surface area contributed by atoms with E-state index in [1.807, 2.05) is 13.8 Å². The van der Waals surface area contributed by atoms with Gasteiger partial charge < -0.3 is 5.21 Å². The van der Waals surface area contributed by atoms with Crippen molar-refractivity contribution in [3.8, 4) is 0 Å². The van der Waals surface area contributed by atoms with E-state index in [4.69, 9.17) is 17.4 Å². The van der Waals surface area contributed by atoms with Crippen LogP contribution in [-0.4, -0.2) is 9.94 Å². The fraction of sp³-hybridized carbons (Fsp3) is 0.375. The van der Waals surface area contributed by atoms with Crippen LogP contribution in [0.4, 0.5) is 0 Å². The van der Waals surface area contributed by atoms with Crippen LogP contribution in [0.3, 0.4) is 0 Å². The summed E-state index contributed by atoms with van der Waals surface area (Å²) in [5, 5.41) is 9.17. The lowest BCUT2D eigenvalue weighted by molar-refractivity contribution is 0.179. The molecule has 0 bridgehead atoms. The molecule has 0 fully saturated rings. The number of rotatable bonds is 1. The van der Waals surface area contributed by atoms with Crippen molar-refractivity contribution in [2.24, 2.45) is 0 Å². The number of nitrogens with zero attached hydrogens (tertiary/aromatic N) is 1. The first-order valence-electron chi connectivity index (χ1n) is 3.56. The minimum atomic E-state index is 0.458. The summed E-state index contributed by atoms with van der Waals surface area (Å²) in [6.07, 6.45) is 2.58. The summed E-state index contributed by atoms with van der Waals surface area (Å²) in [6.45, 7) is 4.04. The zero-order chi connectivity index (χ0) is 8.43. The molecule has 1 heterocycles. The quantitative estimate of drug-likeness (QED) is 0.515. The molecule has 0 aliphatic carbocycles. The van der Waals surface area contributed by atoms with E-state index in [9.17, 15) is 0 Å². The number of hydrogen-bond donors (Lipinski definition) is 1. The van der Waals surface area contributed by atoms with E-state index in [-0.39, 0.29) is 0 Å². The second-order valence-corrected chi connectivity index (χ2v) is 2.94. The molecule has 1 aromatic heterocycles. The Hall–Kier alpha value is -0.830. The normalized spacial score (nSPS) is 10.0. The first kappa shape index (κ1) is 8.27. The molecule has 2 nitrogen and oxygen atoms in total. The molecule has 60 valence electrons. The molecule has 0 radical (unpaired) electrons. The second-order valence-electron chi connectivity index (χ2n) is 2.52. The Morgan fingerprint density at radius 2 is 2.27 bits per heavy atom. The molecule has 0 spiro atoms. The average molecular weight is 169 g/mol. The first-order chi connectivity index (χ1) is 5.15. The largest absolute Gasteiger partial charge is 0.428 e. The summed E-state index contributed by atoms with van der Waals surface area (Å²) in [5.74, 6) is 0. The Bertz CT molecular complexity index is 316. The summed E-state index contributed by atoms with van der Waals surface area (Å²) in [5.41, 5.74) is 2.27. The predicted octanol–water partition coefficient (Wildman–Crippen LogP) is 2.33. The van der Waals surface area contributed by atoms with Crippen molar-refractivity contribution in [1.29, 1.82) is 0 Å². The van der Waals surface area contributed by atoms with Crippen molar-refractivity contribution in [2.75, 3.05) is 0 Å². The summed E-state index contributed by atoms with van der Waals surface area (Å²) < 4.78 is 1.45. The van der Waals surface area contributed by atoms with Crippen LogP contribution in [0.15, 0.2) is 12.3 Å². The molecule has 0 aliphatic heterocycles. The molecule has 3 heteroatoms. The highest BCUT2D eigenvalue weighted by molar-refractivity contribution is 7.71. The molecule has 11 heavy (non-hydrogen) atoms. The molecule has 0 saturated heterocycles. The zero-order valence-corrected chi connectivity index (χ0v) is 7.48. The van der Waals surface area contributed by atoms with Gasteiger partial charge in [-0.15, -0.1) is 0 Å². The van der Waals surface area contributed by atoms with E-state index >= 15 is 0 Å². The van der Waals surface area contributed by atoms with E-state index < -0.39 is 0 Å². The van der Waals surface area contributed by atoms with E-state index in [1.54, 1.807) is 12.3 Å². The van der Waals surface area contributed by atoms with Crippen molar-refractivity contribution in [3.63, 3.8) is 0 Å². The van der Waals surface area contributed by atoms with E-state index in [0.717, 1.165) is 22.3 Å². The number of hydrogen-bond acceptors (Lipinski definition) is 2. The maximum atomic E-state index is 9.17. The van der Waals surface area contributed by atoms with Gasteiger partial charge in [0.1, 0.15) is 4.64 Å². The van der Waals surface area contributed by atoms with Crippen LogP contribution in [0.25, 0.3) is 0 Å². The molecule has 1 aromatic rings. The highest BCUT2D eigenvalue weighted by Gasteiger charge is 1.96. The molecule has 0 unspecified atom stereocenters. The Labute approximate surface area is 71.1 Å². The Morgan fingerprint density at radius 1 is 1.64 bits per heavy atom. The molecule has 1 rings (SSSR count). The highest BCUT2D eigenvalue weighted by Crippen LogP contribution is 2.07. The van der Waals surface area contributed by atoms with Gasteiger partial charge >= 0.3 is 0 Å². The maximum absolute atomic E-state index is 9.17. The predicted molar refractivity (Wildman–Crippen MR) is 46.6 cm³/mol. The van der Waals surface area contributed by atoms with Gasteiger partial charge in [0, 0.05) is 6.20 Å². The maximum Gasteiger partial charge on any atom is 0.142 e. The summed E-state index contributed by atoms with van der Waals surface area (Å²) >= 11 is 4.86. The molecular formula is C8H11NOS. The molecule has 0 amide bonds. The van der Waals surface area contributed by atoms with Crippen molar-refractivity contribution < 1.29 is 5.21 Å². The van der Waals surface area contributed by atoms with Gasteiger partial charge in [-0.25, -0.2) is 0 Å². The molecular weight excluding hydrogens is 158 g/mol. The van der Waals surface area contributed by atoms with Gasteiger partial charge in [0.2, 0.25) is 0 Å². The summed E-state index contributed by atoms with van der Waals surface area (Å²) in [7, 11) is 0. The Balaban J connectivity index is 3.32. The van der Waals surface area contributed by atoms with Crippen molar-refractivity contribution in [2.45, 2.75) is 20.3 Å². The molecule has 0 aromatic carbocycles. The average Bonchev–Trinajstić information content (AvgIpc) is 1.97.